The summed E-state index contributed by atoms with van der Waals surface area (Å²) in [5.41, 5.74) is 14.9. The fourth-order valence-corrected chi connectivity index (χ4v) is 10.1. The Morgan fingerprint density at radius 1 is 0.269 bits per heavy atom. The normalized spacial score (nSPS) is 11.7. The van der Waals surface area contributed by atoms with Gasteiger partial charge in [-0.3, -0.25) is 0 Å². The Hall–Kier alpha value is -7.49. The van der Waals surface area contributed by atoms with Crippen LogP contribution in [-0.2, 0) is 0 Å². The van der Waals surface area contributed by atoms with Crippen molar-refractivity contribution >= 4 is 148 Å². The molecule has 67 heavy (non-hydrogen) atoms. The smallest absolute Gasteiger partial charge is 0.115 e. The standard InChI is InChI=1S/C58H31B7N2/c59-50-47(51(60)55(64)57-48(50)49-52(61)53(62)54(63)56(65)58(49)67(57)42-25-19-36(20-26-42)33-11-5-2-6-12-33)40-22-28-45-44(30-40)43-27-21-39(38-16-15-34-13-7-8-14-37(34)29-38)31-46(43)66(45)41-23-17-35(18-24-41)32-9-3-1-4-10-32/h1-31H. The third-order valence-electron chi connectivity index (χ3n) is 13.5. The maximum Gasteiger partial charge on any atom is 0.115 e. The molecule has 0 fully saturated rings. The van der Waals surface area contributed by atoms with Gasteiger partial charge >= 0.3 is 0 Å². The number of hydrogen-bond acceptors (Lipinski definition) is 0. The van der Waals surface area contributed by atoms with Gasteiger partial charge in [0.1, 0.15) is 54.9 Å². The Labute approximate surface area is 398 Å². The molecule has 0 bridgehead atoms. The fourth-order valence-electron chi connectivity index (χ4n) is 10.1. The van der Waals surface area contributed by atoms with Gasteiger partial charge in [0.15, 0.2) is 0 Å². The summed E-state index contributed by atoms with van der Waals surface area (Å²) in [4.78, 5) is 0. The SMILES string of the molecule is [B]c1c([B])c([B])c2c(c1[B])c1c([B])c(-c3ccc4c(c3)c3ccc(-c5ccc6ccccc6c5)cc3n4-c3ccc(-c4ccccc4)cc3)c([B])c([B])c1n2-c1ccc(-c2ccccc2)cc1. The predicted molar refractivity (Wildman–Crippen MR) is 292 cm³/mol. The maximum atomic E-state index is 7.40. The number of benzene rings is 10. The van der Waals surface area contributed by atoms with Crippen LogP contribution in [0, 0.1) is 0 Å². The topological polar surface area (TPSA) is 9.86 Å². The Morgan fingerprint density at radius 3 is 1.39 bits per heavy atom. The van der Waals surface area contributed by atoms with E-state index < -0.39 is 0 Å². The van der Waals surface area contributed by atoms with Crippen LogP contribution in [0.3, 0.4) is 0 Å². The van der Waals surface area contributed by atoms with Gasteiger partial charge in [0.25, 0.3) is 0 Å². The summed E-state index contributed by atoms with van der Waals surface area (Å²) < 4.78 is 4.27. The molecule has 9 heteroatoms. The minimum atomic E-state index is 0.175. The molecule has 0 saturated carbocycles. The third-order valence-corrected chi connectivity index (χ3v) is 13.5. The quantitative estimate of drug-likeness (QED) is 0.156. The maximum absolute atomic E-state index is 7.40. The molecular formula is C58H31B7N2. The molecule has 0 N–H and O–H groups in total. The van der Waals surface area contributed by atoms with Crippen LogP contribution < -0.4 is 38.2 Å². The van der Waals surface area contributed by atoms with Crippen LogP contribution in [0.4, 0.5) is 0 Å². The summed E-state index contributed by atoms with van der Waals surface area (Å²) >= 11 is 0. The van der Waals surface area contributed by atoms with Gasteiger partial charge < -0.3 is 9.13 Å². The lowest BCUT2D eigenvalue weighted by molar-refractivity contribution is 1.18. The lowest BCUT2D eigenvalue weighted by atomic mass is 9.64. The molecule has 14 radical (unpaired) electrons. The van der Waals surface area contributed by atoms with E-state index in [-0.39, 0.29) is 21.9 Å². The Bertz CT molecular complexity index is 3970. The number of aromatic nitrogens is 2. The van der Waals surface area contributed by atoms with Crippen LogP contribution in [0.25, 0.3) is 110 Å². The van der Waals surface area contributed by atoms with Gasteiger partial charge in [0.05, 0.1) is 11.0 Å². The van der Waals surface area contributed by atoms with Crippen molar-refractivity contribution in [3.63, 3.8) is 0 Å². The van der Waals surface area contributed by atoms with E-state index in [0.717, 1.165) is 72.1 Å². The van der Waals surface area contributed by atoms with Crippen LogP contribution in [0.1, 0.15) is 0 Å². The van der Waals surface area contributed by atoms with Crippen LogP contribution in [-0.4, -0.2) is 64.1 Å². The van der Waals surface area contributed by atoms with Gasteiger partial charge in [-0.1, -0.05) is 167 Å². The minimum absolute atomic E-state index is 0.175. The van der Waals surface area contributed by atoms with Gasteiger partial charge in [-0.15, -0.1) is 10.9 Å². The highest BCUT2D eigenvalue weighted by atomic mass is 15.0. The summed E-state index contributed by atoms with van der Waals surface area (Å²) in [5, 5.41) is 5.60. The second kappa shape index (κ2) is 15.8. The summed E-state index contributed by atoms with van der Waals surface area (Å²) in [6.07, 6.45) is 0. The molecule has 0 saturated heterocycles. The van der Waals surface area contributed by atoms with Crippen LogP contribution in [0.15, 0.2) is 188 Å². The zero-order chi connectivity index (χ0) is 45.7. The highest BCUT2D eigenvalue weighted by Crippen LogP contribution is 2.39. The van der Waals surface area contributed by atoms with Crippen molar-refractivity contribution in [3.05, 3.63) is 188 Å². The third kappa shape index (κ3) is 6.43. The molecule has 0 aliphatic heterocycles. The van der Waals surface area contributed by atoms with Crippen LogP contribution >= 0.6 is 0 Å². The first-order valence-electron chi connectivity index (χ1n) is 22.1. The highest BCUT2D eigenvalue weighted by molar-refractivity contribution is 6.69. The van der Waals surface area contributed by atoms with E-state index in [1.165, 1.54) is 10.8 Å². The van der Waals surface area contributed by atoms with Gasteiger partial charge in [-0.2, -0.15) is 0 Å². The summed E-state index contributed by atoms with van der Waals surface area (Å²) in [7, 11) is 48.7. The molecule has 0 amide bonds. The van der Waals surface area contributed by atoms with Crippen molar-refractivity contribution < 1.29 is 0 Å². The van der Waals surface area contributed by atoms with Crippen molar-refractivity contribution in [1.82, 2.24) is 9.13 Å². The van der Waals surface area contributed by atoms with Crippen molar-refractivity contribution in [2.75, 3.05) is 0 Å². The average molecular weight is 832 g/mol. The molecule has 0 atom stereocenters. The van der Waals surface area contributed by atoms with Crippen LogP contribution in [0.2, 0.25) is 0 Å². The summed E-state index contributed by atoms with van der Waals surface area (Å²) in [6, 6.07) is 65.5. The first-order chi connectivity index (χ1) is 32.7. The van der Waals surface area contributed by atoms with E-state index in [0.29, 0.717) is 43.8 Å². The van der Waals surface area contributed by atoms with E-state index in [4.69, 9.17) is 54.9 Å². The molecule has 0 unspecified atom stereocenters. The van der Waals surface area contributed by atoms with Crippen molar-refractivity contribution in [3.8, 4) is 55.9 Å². The van der Waals surface area contributed by atoms with E-state index in [2.05, 4.69) is 144 Å². The molecule has 0 aliphatic rings. The number of rotatable bonds is 6. The first kappa shape index (κ1) is 41.0. The second-order valence-corrected chi connectivity index (χ2v) is 17.2. The van der Waals surface area contributed by atoms with Crippen LogP contribution in [0.5, 0.6) is 0 Å². The first-order valence-corrected chi connectivity index (χ1v) is 22.1. The summed E-state index contributed by atoms with van der Waals surface area (Å²) in [6.45, 7) is 0. The Morgan fingerprint density at radius 2 is 0.746 bits per heavy atom. The molecule has 2 nitrogen and oxygen atoms in total. The number of nitrogens with zero attached hydrogens (tertiary/aromatic N) is 2. The van der Waals surface area contributed by atoms with Crippen molar-refractivity contribution in [2.45, 2.75) is 0 Å². The number of hydrogen-bond donors (Lipinski definition) is 0. The van der Waals surface area contributed by atoms with E-state index >= 15 is 0 Å². The fraction of sp³-hybridized carbons (Fsp3) is 0. The van der Waals surface area contributed by atoms with Gasteiger partial charge in [-0.05, 0) is 109 Å². The van der Waals surface area contributed by atoms with Gasteiger partial charge in [-0.25, -0.2) is 0 Å². The van der Waals surface area contributed by atoms with Gasteiger partial charge in [0.2, 0.25) is 0 Å². The molecule has 12 aromatic rings. The average Bonchev–Trinajstić information content (AvgIpc) is 3.91. The van der Waals surface area contributed by atoms with E-state index in [9.17, 15) is 0 Å². The second-order valence-electron chi connectivity index (χ2n) is 17.2. The monoisotopic (exact) mass is 832 g/mol. The summed E-state index contributed by atoms with van der Waals surface area (Å²) in [5.74, 6) is 0. The molecule has 2 aromatic heterocycles. The minimum Gasteiger partial charge on any atom is -0.311 e. The van der Waals surface area contributed by atoms with E-state index in [1.54, 1.807) is 0 Å². The molecule has 2 heterocycles. The largest absolute Gasteiger partial charge is 0.311 e. The lowest BCUT2D eigenvalue weighted by Gasteiger charge is -2.19. The number of fused-ring (bicyclic) bond motifs is 7. The lowest BCUT2D eigenvalue weighted by Crippen LogP contribution is -2.48. The van der Waals surface area contributed by atoms with Crippen molar-refractivity contribution in [1.29, 1.82) is 0 Å². The van der Waals surface area contributed by atoms with Crippen molar-refractivity contribution in [2.24, 2.45) is 0 Å². The Balaban J connectivity index is 1.08. The molecule has 294 valence electrons. The van der Waals surface area contributed by atoms with Gasteiger partial charge in [0, 0.05) is 38.6 Å². The molecule has 0 spiro atoms. The Kier molecular flexibility index (Phi) is 9.69. The zero-order valence-electron chi connectivity index (χ0n) is 36.3. The van der Waals surface area contributed by atoms with E-state index in [1.807, 2.05) is 53.1 Å². The zero-order valence-corrected chi connectivity index (χ0v) is 36.3. The molecular weight excluding hydrogens is 800 g/mol. The molecule has 0 aliphatic carbocycles. The highest BCUT2D eigenvalue weighted by Gasteiger charge is 2.25. The predicted octanol–water partition coefficient (Wildman–Crippen LogP) is 7.26. The molecule has 12 rings (SSSR count). The molecule has 10 aromatic carbocycles.